The Bertz CT molecular complexity index is 377. The topological polar surface area (TPSA) is 46.5 Å². The van der Waals surface area contributed by atoms with Gasteiger partial charge >= 0.3 is 5.97 Å². The first-order valence-corrected chi connectivity index (χ1v) is 5.45. The van der Waals surface area contributed by atoms with Crippen molar-refractivity contribution in [1.82, 2.24) is 0 Å². The molecule has 0 saturated heterocycles. The molecule has 0 aliphatic heterocycles. The molecule has 1 aromatic carbocycles. The van der Waals surface area contributed by atoms with Gasteiger partial charge in [0.2, 0.25) is 0 Å². The van der Waals surface area contributed by atoms with Crippen LogP contribution >= 0.6 is 11.6 Å². The highest BCUT2D eigenvalue weighted by Gasteiger charge is 2.12. The minimum atomic E-state index is -0.784. The van der Waals surface area contributed by atoms with Gasteiger partial charge < -0.3 is 9.84 Å². The van der Waals surface area contributed by atoms with Crippen molar-refractivity contribution >= 4 is 17.6 Å². The summed E-state index contributed by atoms with van der Waals surface area (Å²) < 4.78 is 5.20. The number of hydrogen-bond acceptors (Lipinski definition) is 2. The fraction of sp³-hybridized carbons (Fsp3) is 0.417. The lowest BCUT2D eigenvalue weighted by molar-refractivity contribution is -0.137. The number of carboxylic acids is 1. The van der Waals surface area contributed by atoms with Crippen molar-refractivity contribution in [2.75, 3.05) is 7.11 Å². The summed E-state index contributed by atoms with van der Waals surface area (Å²) in [6.07, 6.45) is 0.797. The van der Waals surface area contributed by atoms with Crippen LogP contribution in [0.25, 0.3) is 0 Å². The molecular formula is C12H15ClO3. The average molecular weight is 243 g/mol. The van der Waals surface area contributed by atoms with E-state index in [1.165, 1.54) is 0 Å². The Balaban J connectivity index is 2.78. The molecule has 0 radical (unpaired) electrons. The maximum atomic E-state index is 10.6. The van der Waals surface area contributed by atoms with E-state index < -0.39 is 5.97 Å². The first-order valence-electron chi connectivity index (χ1n) is 5.07. The summed E-state index contributed by atoms with van der Waals surface area (Å²) in [6, 6.07) is 5.37. The number of halogens is 1. The van der Waals surface area contributed by atoms with Gasteiger partial charge in [0.1, 0.15) is 5.75 Å². The zero-order chi connectivity index (χ0) is 12.1. The molecule has 1 unspecified atom stereocenters. The van der Waals surface area contributed by atoms with Crippen molar-refractivity contribution in [3.63, 3.8) is 0 Å². The second kappa shape index (κ2) is 5.75. The highest BCUT2D eigenvalue weighted by Crippen LogP contribution is 2.25. The van der Waals surface area contributed by atoms with E-state index in [1.807, 2.05) is 13.0 Å². The predicted octanol–water partition coefficient (Wildman–Crippen LogP) is 3.00. The Labute approximate surface area is 100.0 Å². The summed E-state index contributed by atoms with van der Waals surface area (Å²) in [5.74, 6) is 0.0278. The van der Waals surface area contributed by atoms with Gasteiger partial charge in [-0.1, -0.05) is 18.5 Å². The van der Waals surface area contributed by atoms with E-state index in [9.17, 15) is 4.79 Å². The lowest BCUT2D eigenvalue weighted by atomic mass is 9.97. The molecule has 16 heavy (non-hydrogen) atoms. The van der Waals surface area contributed by atoms with Gasteiger partial charge in [-0.25, -0.2) is 0 Å². The Kier molecular flexibility index (Phi) is 4.62. The summed E-state index contributed by atoms with van der Waals surface area (Å²) in [7, 11) is 1.59. The minimum absolute atomic E-state index is 0.0601. The molecule has 1 rings (SSSR count). The summed E-state index contributed by atoms with van der Waals surface area (Å²) in [5.41, 5.74) is 0.948. The zero-order valence-corrected chi connectivity index (χ0v) is 10.1. The Morgan fingerprint density at radius 2 is 2.25 bits per heavy atom. The van der Waals surface area contributed by atoms with E-state index >= 15 is 0 Å². The molecule has 0 fully saturated rings. The van der Waals surface area contributed by atoms with Crippen LogP contribution in [0.15, 0.2) is 18.2 Å². The Hall–Kier alpha value is -1.22. The Morgan fingerprint density at radius 1 is 1.56 bits per heavy atom. The summed E-state index contributed by atoms with van der Waals surface area (Å²) >= 11 is 5.89. The molecule has 0 saturated carbocycles. The van der Waals surface area contributed by atoms with Crippen LogP contribution in [-0.4, -0.2) is 18.2 Å². The average Bonchev–Trinajstić information content (AvgIpc) is 2.16. The summed E-state index contributed by atoms with van der Waals surface area (Å²) in [6.45, 7) is 1.90. The van der Waals surface area contributed by atoms with E-state index in [-0.39, 0.29) is 12.3 Å². The molecule has 1 aromatic rings. The van der Waals surface area contributed by atoms with Crippen molar-refractivity contribution in [2.24, 2.45) is 5.92 Å². The number of carboxylic acid groups (broad SMARTS) is 1. The van der Waals surface area contributed by atoms with E-state index in [4.69, 9.17) is 21.4 Å². The molecular weight excluding hydrogens is 228 g/mol. The monoisotopic (exact) mass is 242 g/mol. The van der Waals surface area contributed by atoms with Crippen molar-refractivity contribution in [3.05, 3.63) is 28.8 Å². The normalized spacial score (nSPS) is 12.2. The van der Waals surface area contributed by atoms with Crippen molar-refractivity contribution in [1.29, 1.82) is 0 Å². The van der Waals surface area contributed by atoms with Gasteiger partial charge in [0, 0.05) is 11.4 Å². The van der Waals surface area contributed by atoms with Crippen molar-refractivity contribution in [3.8, 4) is 5.75 Å². The van der Waals surface area contributed by atoms with Crippen LogP contribution in [0.3, 0.4) is 0 Å². The highest BCUT2D eigenvalue weighted by molar-refractivity contribution is 6.30. The third-order valence-corrected chi connectivity index (χ3v) is 2.57. The van der Waals surface area contributed by atoms with E-state index in [0.29, 0.717) is 11.4 Å². The second-order valence-electron chi connectivity index (χ2n) is 3.86. The molecule has 1 atom stereocenters. The van der Waals surface area contributed by atoms with Crippen molar-refractivity contribution in [2.45, 2.75) is 19.8 Å². The molecule has 0 amide bonds. The molecule has 0 aliphatic carbocycles. The van der Waals surface area contributed by atoms with Crippen LogP contribution in [0, 0.1) is 5.92 Å². The van der Waals surface area contributed by atoms with E-state index in [1.54, 1.807) is 19.2 Å². The number of benzene rings is 1. The second-order valence-corrected chi connectivity index (χ2v) is 4.30. The van der Waals surface area contributed by atoms with Crippen LogP contribution < -0.4 is 4.74 Å². The number of carbonyl (C=O) groups is 1. The van der Waals surface area contributed by atoms with Crippen LogP contribution in [0.4, 0.5) is 0 Å². The van der Waals surface area contributed by atoms with Crippen LogP contribution in [-0.2, 0) is 11.2 Å². The lowest BCUT2D eigenvalue weighted by Gasteiger charge is -2.12. The van der Waals surface area contributed by atoms with Gasteiger partial charge in [0.05, 0.1) is 7.11 Å². The quantitative estimate of drug-likeness (QED) is 0.864. The molecule has 0 aliphatic rings. The molecule has 4 heteroatoms. The molecule has 0 heterocycles. The zero-order valence-electron chi connectivity index (χ0n) is 9.37. The van der Waals surface area contributed by atoms with E-state index in [2.05, 4.69) is 0 Å². The third-order valence-electron chi connectivity index (χ3n) is 2.33. The van der Waals surface area contributed by atoms with Crippen LogP contribution in [0.2, 0.25) is 5.02 Å². The first-order chi connectivity index (χ1) is 7.52. The highest BCUT2D eigenvalue weighted by atomic mass is 35.5. The number of ether oxygens (including phenoxy) is 1. The largest absolute Gasteiger partial charge is 0.496 e. The molecule has 1 N–H and O–H groups in total. The Morgan fingerprint density at radius 3 is 2.81 bits per heavy atom. The predicted molar refractivity (Wildman–Crippen MR) is 63.1 cm³/mol. The smallest absolute Gasteiger partial charge is 0.303 e. The van der Waals surface area contributed by atoms with Gasteiger partial charge in [0.15, 0.2) is 0 Å². The minimum Gasteiger partial charge on any atom is -0.496 e. The molecule has 0 aromatic heterocycles. The number of hydrogen-bond donors (Lipinski definition) is 1. The fourth-order valence-corrected chi connectivity index (χ4v) is 1.85. The first kappa shape index (κ1) is 12.8. The maximum absolute atomic E-state index is 10.6. The molecule has 0 bridgehead atoms. The summed E-state index contributed by atoms with van der Waals surface area (Å²) in [4.78, 5) is 10.6. The number of methoxy groups -OCH3 is 1. The number of aliphatic carboxylic acids is 1. The van der Waals surface area contributed by atoms with Gasteiger partial charge in [-0.15, -0.1) is 0 Å². The molecule has 3 nitrogen and oxygen atoms in total. The summed E-state index contributed by atoms with van der Waals surface area (Å²) in [5, 5.41) is 9.32. The van der Waals surface area contributed by atoms with Gasteiger partial charge in [0.25, 0.3) is 0 Å². The van der Waals surface area contributed by atoms with Gasteiger partial charge in [-0.2, -0.15) is 0 Å². The molecule has 0 spiro atoms. The SMILES string of the molecule is COc1ccc(Cl)cc1CC(C)CC(=O)O. The van der Waals surface area contributed by atoms with Crippen LogP contribution in [0.1, 0.15) is 18.9 Å². The maximum Gasteiger partial charge on any atom is 0.303 e. The van der Waals surface area contributed by atoms with Gasteiger partial charge in [-0.05, 0) is 36.1 Å². The van der Waals surface area contributed by atoms with Gasteiger partial charge in [-0.3, -0.25) is 4.79 Å². The standard InChI is InChI=1S/C12H15ClO3/c1-8(6-12(14)15)5-9-7-10(13)3-4-11(9)16-2/h3-4,7-8H,5-6H2,1-2H3,(H,14,15). The molecule has 88 valence electrons. The van der Waals surface area contributed by atoms with E-state index in [0.717, 1.165) is 11.3 Å². The number of rotatable bonds is 5. The lowest BCUT2D eigenvalue weighted by Crippen LogP contribution is -2.07. The fourth-order valence-electron chi connectivity index (χ4n) is 1.65. The third kappa shape index (κ3) is 3.74. The van der Waals surface area contributed by atoms with Crippen molar-refractivity contribution < 1.29 is 14.6 Å². The van der Waals surface area contributed by atoms with Crippen LogP contribution in [0.5, 0.6) is 5.75 Å².